The molecule has 0 bridgehead atoms. The van der Waals surface area contributed by atoms with Crippen LogP contribution in [-0.2, 0) is 6.54 Å². The van der Waals surface area contributed by atoms with Crippen LogP contribution in [0.5, 0.6) is 0 Å². The monoisotopic (exact) mass is 352 g/mol. The van der Waals surface area contributed by atoms with Crippen LogP contribution in [-0.4, -0.2) is 15.9 Å². The molecule has 0 saturated carbocycles. The predicted octanol–water partition coefficient (Wildman–Crippen LogP) is 4.30. The van der Waals surface area contributed by atoms with Crippen LogP contribution in [0.3, 0.4) is 0 Å². The van der Waals surface area contributed by atoms with E-state index in [0.29, 0.717) is 23.2 Å². The van der Waals surface area contributed by atoms with Crippen molar-refractivity contribution in [3.05, 3.63) is 82.6 Å². The van der Waals surface area contributed by atoms with Crippen LogP contribution in [0.2, 0.25) is 5.02 Å². The van der Waals surface area contributed by atoms with Gasteiger partial charge in [-0.15, -0.1) is 0 Å². The molecular weight excluding hydrogens is 336 g/mol. The molecule has 0 unspecified atom stereocenters. The Kier molecular flexibility index (Phi) is 5.26. The molecule has 0 spiro atoms. The Hall–Kier alpha value is -2.92. The number of rotatable bonds is 5. The fraction of sp³-hybridized carbons (Fsp3) is 0.105. The molecule has 0 aliphatic rings. The first-order valence-corrected chi connectivity index (χ1v) is 8.18. The zero-order valence-corrected chi connectivity index (χ0v) is 14.4. The molecule has 25 heavy (non-hydrogen) atoms. The van der Waals surface area contributed by atoms with Gasteiger partial charge in [0.1, 0.15) is 5.69 Å². The minimum Gasteiger partial charge on any atom is -0.350 e. The van der Waals surface area contributed by atoms with E-state index in [1.165, 1.54) is 0 Å². The number of para-hydroxylation sites is 1. The number of aromatic nitrogens is 2. The molecule has 2 aromatic carbocycles. The Morgan fingerprint density at radius 3 is 2.64 bits per heavy atom. The molecule has 1 amide bonds. The smallest absolute Gasteiger partial charge is 0.274 e. The van der Waals surface area contributed by atoms with Gasteiger partial charge in [-0.05, 0) is 36.2 Å². The number of nitrogens with zero attached hydrogens (tertiary/aromatic N) is 2. The Morgan fingerprint density at radius 2 is 1.84 bits per heavy atom. The molecular formula is C19H17ClN4O. The van der Waals surface area contributed by atoms with E-state index in [4.69, 9.17) is 11.6 Å². The highest BCUT2D eigenvalue weighted by Crippen LogP contribution is 2.17. The number of nitrogens with one attached hydrogen (secondary N) is 2. The standard InChI is InChI=1S/C19H17ClN4O/c1-13-6-2-5-9-16(13)23-18(25)17-10-11-21-19(24-17)22-12-14-7-3-4-8-15(14)20/h2-11H,12H2,1H3,(H,23,25)(H,21,22,24). The second kappa shape index (κ2) is 7.77. The molecule has 1 aromatic heterocycles. The van der Waals surface area contributed by atoms with Crippen LogP contribution in [0.1, 0.15) is 21.6 Å². The molecule has 126 valence electrons. The molecule has 0 aliphatic carbocycles. The van der Waals surface area contributed by atoms with Crippen molar-refractivity contribution in [1.82, 2.24) is 9.97 Å². The summed E-state index contributed by atoms with van der Waals surface area (Å²) in [5.74, 6) is 0.0925. The highest BCUT2D eigenvalue weighted by molar-refractivity contribution is 6.31. The normalized spacial score (nSPS) is 10.3. The predicted molar refractivity (Wildman–Crippen MR) is 99.9 cm³/mol. The van der Waals surface area contributed by atoms with Gasteiger partial charge in [-0.3, -0.25) is 4.79 Å². The summed E-state index contributed by atoms with van der Waals surface area (Å²) >= 11 is 6.13. The quantitative estimate of drug-likeness (QED) is 0.718. The third kappa shape index (κ3) is 4.33. The van der Waals surface area contributed by atoms with Crippen LogP contribution >= 0.6 is 11.6 Å². The van der Waals surface area contributed by atoms with Gasteiger partial charge in [0.15, 0.2) is 0 Å². The number of amides is 1. The van der Waals surface area contributed by atoms with E-state index in [-0.39, 0.29) is 5.91 Å². The van der Waals surface area contributed by atoms with E-state index in [2.05, 4.69) is 20.6 Å². The summed E-state index contributed by atoms with van der Waals surface area (Å²) in [7, 11) is 0. The van der Waals surface area contributed by atoms with Crippen molar-refractivity contribution in [2.75, 3.05) is 10.6 Å². The molecule has 5 nitrogen and oxygen atoms in total. The van der Waals surface area contributed by atoms with Gasteiger partial charge in [0.05, 0.1) is 0 Å². The number of hydrogen-bond acceptors (Lipinski definition) is 4. The van der Waals surface area contributed by atoms with E-state index in [0.717, 1.165) is 16.8 Å². The van der Waals surface area contributed by atoms with Crippen LogP contribution in [0.4, 0.5) is 11.6 Å². The van der Waals surface area contributed by atoms with Gasteiger partial charge in [-0.1, -0.05) is 48.0 Å². The fourth-order valence-electron chi connectivity index (χ4n) is 2.29. The Bertz CT molecular complexity index is 898. The van der Waals surface area contributed by atoms with Crippen molar-refractivity contribution in [1.29, 1.82) is 0 Å². The lowest BCUT2D eigenvalue weighted by molar-refractivity contribution is 0.102. The SMILES string of the molecule is Cc1ccccc1NC(=O)c1ccnc(NCc2ccccc2Cl)n1. The number of anilines is 2. The first kappa shape index (κ1) is 16.9. The second-order valence-electron chi connectivity index (χ2n) is 5.48. The van der Waals surface area contributed by atoms with Crippen LogP contribution in [0.25, 0.3) is 0 Å². The van der Waals surface area contributed by atoms with Crippen molar-refractivity contribution >= 4 is 29.1 Å². The largest absolute Gasteiger partial charge is 0.350 e. The van der Waals surface area contributed by atoms with Gasteiger partial charge in [0, 0.05) is 23.5 Å². The van der Waals surface area contributed by atoms with E-state index >= 15 is 0 Å². The van der Waals surface area contributed by atoms with E-state index < -0.39 is 0 Å². The maximum absolute atomic E-state index is 12.4. The van der Waals surface area contributed by atoms with Gasteiger partial charge in [-0.25, -0.2) is 9.97 Å². The zero-order valence-electron chi connectivity index (χ0n) is 13.7. The van der Waals surface area contributed by atoms with Gasteiger partial charge < -0.3 is 10.6 Å². The van der Waals surface area contributed by atoms with Crippen LogP contribution in [0, 0.1) is 6.92 Å². The van der Waals surface area contributed by atoms with Crippen molar-refractivity contribution in [3.63, 3.8) is 0 Å². The summed E-state index contributed by atoms with van der Waals surface area (Å²) in [5.41, 5.74) is 2.97. The molecule has 1 heterocycles. The number of aryl methyl sites for hydroxylation is 1. The second-order valence-corrected chi connectivity index (χ2v) is 5.89. The number of benzene rings is 2. The van der Waals surface area contributed by atoms with Gasteiger partial charge >= 0.3 is 0 Å². The summed E-state index contributed by atoms with van der Waals surface area (Å²) in [6.45, 7) is 2.41. The summed E-state index contributed by atoms with van der Waals surface area (Å²) in [4.78, 5) is 20.8. The Balaban J connectivity index is 1.70. The zero-order chi connectivity index (χ0) is 17.6. The topological polar surface area (TPSA) is 66.9 Å². The maximum Gasteiger partial charge on any atom is 0.274 e. The average Bonchev–Trinajstić information content (AvgIpc) is 2.63. The van der Waals surface area contributed by atoms with Gasteiger partial charge in [-0.2, -0.15) is 0 Å². The lowest BCUT2D eigenvalue weighted by Gasteiger charge is -2.09. The van der Waals surface area contributed by atoms with E-state index in [9.17, 15) is 4.79 Å². The summed E-state index contributed by atoms with van der Waals surface area (Å²) in [6.07, 6.45) is 1.55. The van der Waals surface area contributed by atoms with Crippen molar-refractivity contribution in [2.45, 2.75) is 13.5 Å². The molecule has 0 fully saturated rings. The van der Waals surface area contributed by atoms with Crippen LogP contribution in [0.15, 0.2) is 60.8 Å². The molecule has 0 saturated heterocycles. The number of halogens is 1. The number of carbonyl (C=O) groups excluding carboxylic acids is 1. The van der Waals surface area contributed by atoms with Crippen molar-refractivity contribution in [3.8, 4) is 0 Å². The van der Waals surface area contributed by atoms with E-state index in [1.54, 1.807) is 12.3 Å². The summed E-state index contributed by atoms with van der Waals surface area (Å²) in [5, 5.41) is 6.61. The Morgan fingerprint density at radius 1 is 1.08 bits per heavy atom. The minimum atomic E-state index is -0.280. The third-order valence-electron chi connectivity index (χ3n) is 3.68. The van der Waals surface area contributed by atoms with Crippen molar-refractivity contribution < 1.29 is 4.79 Å². The summed E-state index contributed by atoms with van der Waals surface area (Å²) < 4.78 is 0. The summed E-state index contributed by atoms with van der Waals surface area (Å²) in [6, 6.07) is 16.7. The molecule has 0 aliphatic heterocycles. The van der Waals surface area contributed by atoms with Gasteiger partial charge in [0.25, 0.3) is 5.91 Å². The third-order valence-corrected chi connectivity index (χ3v) is 4.05. The highest BCUT2D eigenvalue weighted by Gasteiger charge is 2.10. The molecule has 0 atom stereocenters. The molecule has 0 radical (unpaired) electrons. The maximum atomic E-state index is 12.4. The number of carbonyl (C=O) groups is 1. The highest BCUT2D eigenvalue weighted by atomic mass is 35.5. The first-order valence-electron chi connectivity index (χ1n) is 7.81. The average molecular weight is 353 g/mol. The Labute approximate surface area is 151 Å². The van der Waals surface area contributed by atoms with E-state index in [1.807, 2.05) is 55.5 Å². The van der Waals surface area contributed by atoms with Gasteiger partial charge in [0.2, 0.25) is 5.95 Å². The molecule has 6 heteroatoms. The minimum absolute atomic E-state index is 0.280. The lowest BCUT2D eigenvalue weighted by Crippen LogP contribution is -2.16. The van der Waals surface area contributed by atoms with Crippen LogP contribution < -0.4 is 10.6 Å². The molecule has 3 rings (SSSR count). The molecule has 2 N–H and O–H groups in total. The lowest BCUT2D eigenvalue weighted by atomic mass is 10.2. The fourth-order valence-corrected chi connectivity index (χ4v) is 2.49. The van der Waals surface area contributed by atoms with Crippen molar-refractivity contribution in [2.24, 2.45) is 0 Å². The number of hydrogen-bond donors (Lipinski definition) is 2. The molecule has 3 aromatic rings. The first-order chi connectivity index (χ1) is 12.1.